The minimum Gasteiger partial charge on any atom is -0.494 e. The number of nitrogens with one attached hydrogen (secondary N) is 2. The number of nitriles is 1. The predicted octanol–water partition coefficient (Wildman–Crippen LogP) is 3.93. The first kappa shape index (κ1) is 19.8. The average molecular weight is 387 g/mol. The van der Waals surface area contributed by atoms with Crippen molar-refractivity contribution in [3.8, 4) is 23.1 Å². The molecule has 2 N–H and O–H groups in total. The van der Waals surface area contributed by atoms with Crippen molar-refractivity contribution in [2.75, 3.05) is 12.0 Å². The molecule has 7 heteroatoms. The summed E-state index contributed by atoms with van der Waals surface area (Å²) in [5.74, 6) is 0.929. The summed E-state index contributed by atoms with van der Waals surface area (Å²) in [6, 6.07) is 18.5. The van der Waals surface area contributed by atoms with Gasteiger partial charge in [0.05, 0.1) is 18.5 Å². The Morgan fingerprint density at radius 3 is 2.83 bits per heavy atom. The highest BCUT2D eigenvalue weighted by Crippen LogP contribution is 2.19. The highest BCUT2D eigenvalue weighted by atomic mass is 16.5. The number of rotatable bonds is 8. The van der Waals surface area contributed by atoms with Gasteiger partial charge >= 0.3 is 0 Å². The lowest BCUT2D eigenvalue weighted by Gasteiger charge is -2.06. The molecule has 1 aromatic heterocycles. The van der Waals surface area contributed by atoms with Crippen LogP contribution in [-0.2, 0) is 0 Å². The Morgan fingerprint density at radius 1 is 1.24 bits per heavy atom. The molecule has 0 bridgehead atoms. The molecule has 0 saturated heterocycles. The lowest BCUT2D eigenvalue weighted by molar-refractivity contribution is 0.309. The molecule has 0 saturated carbocycles. The summed E-state index contributed by atoms with van der Waals surface area (Å²) in [5.41, 5.74) is 3.98. The van der Waals surface area contributed by atoms with E-state index in [0.29, 0.717) is 17.9 Å². The molecule has 1 heterocycles. The largest absolute Gasteiger partial charge is 0.494 e. The minimum atomic E-state index is -0.523. The molecule has 0 aliphatic heterocycles. The number of anilines is 1. The van der Waals surface area contributed by atoms with Gasteiger partial charge in [-0.15, -0.1) is 0 Å². The van der Waals surface area contributed by atoms with Crippen molar-refractivity contribution in [1.82, 2.24) is 9.97 Å². The first-order valence-electron chi connectivity index (χ1n) is 9.33. The van der Waals surface area contributed by atoms with Crippen LogP contribution < -0.4 is 15.7 Å². The maximum absolute atomic E-state index is 12.2. The van der Waals surface area contributed by atoms with Crippen LogP contribution in [0.3, 0.4) is 0 Å². The van der Waals surface area contributed by atoms with E-state index in [9.17, 15) is 10.1 Å². The van der Waals surface area contributed by atoms with Crippen LogP contribution >= 0.6 is 0 Å². The van der Waals surface area contributed by atoms with Crippen molar-refractivity contribution < 1.29 is 4.74 Å². The predicted molar refractivity (Wildman–Crippen MR) is 113 cm³/mol. The fraction of sp³-hybridized carbons (Fsp3) is 0.182. The summed E-state index contributed by atoms with van der Waals surface area (Å²) in [4.78, 5) is 19.1. The molecular weight excluding hydrogens is 366 g/mol. The first-order chi connectivity index (χ1) is 14.2. The van der Waals surface area contributed by atoms with E-state index in [-0.39, 0.29) is 11.5 Å². The number of H-pyrrole nitrogens is 1. The number of hydrogen-bond acceptors (Lipinski definition) is 6. The Bertz CT molecular complexity index is 1080. The zero-order valence-corrected chi connectivity index (χ0v) is 16.1. The first-order valence-corrected chi connectivity index (χ1v) is 9.33. The Kier molecular flexibility index (Phi) is 6.74. The van der Waals surface area contributed by atoms with Gasteiger partial charge in [-0.1, -0.05) is 55.8 Å². The fourth-order valence-corrected chi connectivity index (χ4v) is 2.62. The molecule has 0 amide bonds. The Balaban J connectivity index is 1.78. The normalized spacial score (nSPS) is 10.6. The van der Waals surface area contributed by atoms with Crippen LogP contribution in [-0.4, -0.2) is 22.8 Å². The van der Waals surface area contributed by atoms with E-state index < -0.39 is 5.56 Å². The van der Waals surface area contributed by atoms with Gasteiger partial charge in [-0.25, -0.2) is 10.4 Å². The molecule has 3 rings (SSSR count). The number of aromatic amines is 1. The van der Waals surface area contributed by atoms with Gasteiger partial charge in [0.1, 0.15) is 17.4 Å². The second kappa shape index (κ2) is 9.85. The number of ether oxygens (including phenoxy) is 1. The number of hydrogen-bond donors (Lipinski definition) is 2. The standard InChI is InChI=1S/C22H21N5O2/c1-2-3-12-29-18-11-7-8-16(13-18)15-24-27-22-25-20(17-9-5-4-6-10-17)19(14-23)21(28)26-22/h4-11,13,15H,2-3,12H2,1H3,(H2,25,26,27,28). The van der Waals surface area contributed by atoms with E-state index in [2.05, 4.69) is 27.4 Å². The van der Waals surface area contributed by atoms with Crippen LogP contribution in [0.5, 0.6) is 5.75 Å². The number of hydrazone groups is 1. The summed E-state index contributed by atoms with van der Waals surface area (Å²) < 4.78 is 5.69. The zero-order chi connectivity index (χ0) is 20.5. The van der Waals surface area contributed by atoms with Crippen molar-refractivity contribution in [1.29, 1.82) is 5.26 Å². The van der Waals surface area contributed by atoms with Gasteiger partial charge in [0.25, 0.3) is 5.56 Å². The van der Waals surface area contributed by atoms with Crippen LogP contribution in [0.4, 0.5) is 5.95 Å². The SMILES string of the molecule is CCCCOc1cccc(C=NNc2nc(-c3ccccc3)c(C#N)c(=O)[nH]2)c1. The van der Waals surface area contributed by atoms with Crippen molar-refractivity contribution in [3.63, 3.8) is 0 Å². The van der Waals surface area contributed by atoms with E-state index in [1.54, 1.807) is 18.3 Å². The fourth-order valence-electron chi connectivity index (χ4n) is 2.62. The Morgan fingerprint density at radius 2 is 2.07 bits per heavy atom. The molecule has 0 radical (unpaired) electrons. The van der Waals surface area contributed by atoms with Gasteiger partial charge < -0.3 is 4.74 Å². The van der Waals surface area contributed by atoms with Gasteiger partial charge in [-0.2, -0.15) is 10.4 Å². The second-order valence-electron chi connectivity index (χ2n) is 6.26. The highest BCUT2D eigenvalue weighted by Gasteiger charge is 2.12. The lowest BCUT2D eigenvalue weighted by Crippen LogP contribution is -2.16. The zero-order valence-electron chi connectivity index (χ0n) is 16.1. The molecule has 29 heavy (non-hydrogen) atoms. The molecule has 0 fully saturated rings. The van der Waals surface area contributed by atoms with Gasteiger partial charge in [-0.05, 0) is 24.1 Å². The summed E-state index contributed by atoms with van der Waals surface area (Å²) >= 11 is 0. The molecule has 0 aliphatic carbocycles. The summed E-state index contributed by atoms with van der Waals surface area (Å²) in [6.45, 7) is 2.79. The van der Waals surface area contributed by atoms with Gasteiger partial charge in [0, 0.05) is 5.56 Å². The number of unbranched alkanes of at least 4 members (excludes halogenated alkanes) is 1. The molecule has 0 spiro atoms. The molecular formula is C22H21N5O2. The van der Waals surface area contributed by atoms with Gasteiger partial charge in [0.2, 0.25) is 5.95 Å². The van der Waals surface area contributed by atoms with Crippen LogP contribution in [0.15, 0.2) is 64.5 Å². The molecule has 2 aromatic carbocycles. The van der Waals surface area contributed by atoms with Crippen LogP contribution in [0.1, 0.15) is 30.9 Å². The second-order valence-corrected chi connectivity index (χ2v) is 6.26. The quantitative estimate of drug-likeness (QED) is 0.346. The third-order valence-electron chi connectivity index (χ3n) is 4.09. The summed E-state index contributed by atoms with van der Waals surface area (Å²) in [5, 5.41) is 13.4. The molecule has 7 nitrogen and oxygen atoms in total. The van der Waals surface area contributed by atoms with E-state index >= 15 is 0 Å². The van der Waals surface area contributed by atoms with Crippen molar-refractivity contribution in [2.24, 2.45) is 5.10 Å². The minimum absolute atomic E-state index is 0.0392. The number of benzene rings is 2. The van der Waals surface area contributed by atoms with E-state index in [1.807, 2.05) is 48.5 Å². The van der Waals surface area contributed by atoms with Gasteiger partial charge in [0.15, 0.2) is 0 Å². The molecule has 0 atom stereocenters. The van der Waals surface area contributed by atoms with Gasteiger partial charge in [-0.3, -0.25) is 9.78 Å². The van der Waals surface area contributed by atoms with Crippen LogP contribution in [0.25, 0.3) is 11.3 Å². The monoisotopic (exact) mass is 387 g/mol. The molecule has 3 aromatic rings. The maximum Gasteiger partial charge on any atom is 0.270 e. The van der Waals surface area contributed by atoms with E-state index in [1.165, 1.54) is 0 Å². The van der Waals surface area contributed by atoms with E-state index in [0.717, 1.165) is 24.2 Å². The Labute approximate surface area is 168 Å². The van der Waals surface area contributed by atoms with E-state index in [4.69, 9.17) is 4.74 Å². The van der Waals surface area contributed by atoms with Crippen LogP contribution in [0.2, 0.25) is 0 Å². The topological polar surface area (TPSA) is 103 Å². The highest BCUT2D eigenvalue weighted by molar-refractivity contribution is 5.80. The van der Waals surface area contributed by atoms with Crippen molar-refractivity contribution in [2.45, 2.75) is 19.8 Å². The van der Waals surface area contributed by atoms with Crippen molar-refractivity contribution in [3.05, 3.63) is 76.1 Å². The van der Waals surface area contributed by atoms with Crippen molar-refractivity contribution >= 4 is 12.2 Å². The lowest BCUT2D eigenvalue weighted by atomic mass is 10.1. The maximum atomic E-state index is 12.2. The third kappa shape index (κ3) is 5.30. The van der Waals surface area contributed by atoms with Crippen LogP contribution in [0, 0.1) is 11.3 Å². The molecule has 146 valence electrons. The average Bonchev–Trinajstić information content (AvgIpc) is 2.74. The summed E-state index contributed by atoms with van der Waals surface area (Å²) in [6.07, 6.45) is 3.68. The third-order valence-corrected chi connectivity index (χ3v) is 4.09. The number of aromatic nitrogens is 2. The Hall–Kier alpha value is -3.92. The molecule has 0 aliphatic rings. The summed E-state index contributed by atoms with van der Waals surface area (Å²) in [7, 11) is 0. The molecule has 0 unspecified atom stereocenters. The number of nitrogens with zero attached hydrogens (tertiary/aromatic N) is 3. The smallest absolute Gasteiger partial charge is 0.270 e.